The normalized spacial score (nSPS) is 11.2. The molecule has 5 nitrogen and oxygen atoms in total. The lowest BCUT2D eigenvalue weighted by Gasteiger charge is -2.05. The van der Waals surface area contributed by atoms with Gasteiger partial charge in [-0.05, 0) is 31.3 Å². The van der Waals surface area contributed by atoms with Gasteiger partial charge in [-0.3, -0.25) is 9.78 Å². The molecule has 6 heteroatoms. The van der Waals surface area contributed by atoms with E-state index in [0.29, 0.717) is 0 Å². The Balaban J connectivity index is 2.43. The number of benzene rings is 1. The fraction of sp³-hybridized carbons (Fsp3) is 0.0769. The Morgan fingerprint density at radius 2 is 1.95 bits per heavy atom. The maximum Gasteiger partial charge on any atom is 0.240 e. The molecule has 1 aromatic carbocycles. The van der Waals surface area contributed by atoms with Crippen molar-refractivity contribution < 1.29 is 13.2 Å². The number of ketones is 1. The molecule has 0 radical (unpaired) electrons. The van der Waals surface area contributed by atoms with Crippen molar-refractivity contribution in [3.63, 3.8) is 0 Å². The first-order chi connectivity index (χ1) is 9.04. The van der Waals surface area contributed by atoms with Gasteiger partial charge in [0.05, 0.1) is 4.90 Å². The Morgan fingerprint density at radius 3 is 2.58 bits per heavy atom. The van der Waals surface area contributed by atoms with Gasteiger partial charge in [-0.2, -0.15) is 0 Å². The number of nitrogens with zero attached hydrogens (tertiary/aromatic N) is 1. The Morgan fingerprint density at radius 1 is 1.16 bits per heavy atom. The molecule has 98 valence electrons. The molecule has 19 heavy (non-hydrogen) atoms. The third kappa shape index (κ3) is 2.86. The summed E-state index contributed by atoms with van der Waals surface area (Å²) >= 11 is 0. The molecular weight excluding hydrogens is 264 g/mol. The second-order valence-corrected chi connectivity index (χ2v) is 5.67. The van der Waals surface area contributed by atoms with Crippen LogP contribution in [0.15, 0.2) is 53.6 Å². The number of sulfonamides is 1. The molecule has 0 atom stereocenters. The van der Waals surface area contributed by atoms with E-state index in [1.54, 1.807) is 24.3 Å². The number of hydrogen-bond acceptors (Lipinski definition) is 4. The van der Waals surface area contributed by atoms with Crippen LogP contribution in [-0.2, 0) is 10.0 Å². The van der Waals surface area contributed by atoms with Gasteiger partial charge in [0.1, 0.15) is 5.69 Å². The second-order valence-electron chi connectivity index (χ2n) is 3.78. The minimum Gasteiger partial charge on any atom is -0.287 e. The fourth-order valence-electron chi connectivity index (χ4n) is 1.57. The van der Waals surface area contributed by atoms with Crippen molar-refractivity contribution in [1.82, 2.24) is 9.71 Å². The fourth-order valence-corrected chi connectivity index (χ4v) is 2.34. The van der Waals surface area contributed by atoms with Crippen molar-refractivity contribution in [2.45, 2.75) is 4.90 Å². The van der Waals surface area contributed by atoms with Gasteiger partial charge in [-0.15, -0.1) is 0 Å². The lowest BCUT2D eigenvalue weighted by molar-refractivity contribution is 0.103. The van der Waals surface area contributed by atoms with Crippen LogP contribution in [0.4, 0.5) is 0 Å². The zero-order valence-corrected chi connectivity index (χ0v) is 11.0. The molecule has 0 spiro atoms. The molecule has 2 aromatic rings. The molecule has 1 heterocycles. The minimum absolute atomic E-state index is 0.0526. The number of rotatable bonds is 4. The Kier molecular flexibility index (Phi) is 3.73. The average molecular weight is 276 g/mol. The first-order valence-corrected chi connectivity index (χ1v) is 7.02. The maximum absolute atomic E-state index is 12.1. The summed E-state index contributed by atoms with van der Waals surface area (Å²) in [7, 11) is -2.24. The molecule has 0 amide bonds. The number of carbonyl (C=O) groups is 1. The van der Waals surface area contributed by atoms with Gasteiger partial charge in [0, 0.05) is 11.8 Å². The SMILES string of the molecule is CNS(=O)(=O)c1cccc(C(=O)c2ccccn2)c1. The Hall–Kier alpha value is -2.05. The van der Waals surface area contributed by atoms with E-state index in [9.17, 15) is 13.2 Å². The summed E-state index contributed by atoms with van der Waals surface area (Å²) in [4.78, 5) is 16.1. The Bertz CT molecular complexity index is 697. The molecule has 0 aliphatic rings. The van der Waals surface area contributed by atoms with Crippen LogP contribution in [0.2, 0.25) is 0 Å². The summed E-state index contributed by atoms with van der Waals surface area (Å²) < 4.78 is 25.6. The lowest BCUT2D eigenvalue weighted by atomic mass is 10.1. The summed E-state index contributed by atoms with van der Waals surface area (Å²) in [6, 6.07) is 10.9. The first kappa shape index (κ1) is 13.4. The quantitative estimate of drug-likeness (QED) is 0.852. The van der Waals surface area contributed by atoms with Crippen LogP contribution in [0.25, 0.3) is 0 Å². The lowest BCUT2D eigenvalue weighted by Crippen LogP contribution is -2.19. The highest BCUT2D eigenvalue weighted by molar-refractivity contribution is 7.89. The van der Waals surface area contributed by atoms with E-state index >= 15 is 0 Å². The van der Waals surface area contributed by atoms with Gasteiger partial charge in [0.2, 0.25) is 15.8 Å². The van der Waals surface area contributed by atoms with Crippen LogP contribution in [0.5, 0.6) is 0 Å². The summed E-state index contributed by atoms with van der Waals surface area (Å²) in [5, 5.41) is 0. The topological polar surface area (TPSA) is 76.1 Å². The number of hydrogen-bond donors (Lipinski definition) is 1. The molecule has 1 aromatic heterocycles. The average Bonchev–Trinajstić information content (AvgIpc) is 2.47. The van der Waals surface area contributed by atoms with E-state index in [-0.39, 0.29) is 21.9 Å². The zero-order chi connectivity index (χ0) is 13.9. The standard InChI is InChI=1S/C13H12N2O3S/c1-14-19(17,18)11-6-4-5-10(9-11)13(16)12-7-2-3-8-15-12/h2-9,14H,1H3. The zero-order valence-electron chi connectivity index (χ0n) is 10.2. The van der Waals surface area contributed by atoms with Crippen LogP contribution in [-0.4, -0.2) is 26.2 Å². The predicted molar refractivity (Wildman–Crippen MR) is 70.4 cm³/mol. The van der Waals surface area contributed by atoms with Crippen LogP contribution in [0.1, 0.15) is 16.1 Å². The van der Waals surface area contributed by atoms with Gasteiger partial charge < -0.3 is 0 Å². The molecule has 0 unspecified atom stereocenters. The van der Waals surface area contributed by atoms with Crippen molar-refractivity contribution in [1.29, 1.82) is 0 Å². The highest BCUT2D eigenvalue weighted by Crippen LogP contribution is 2.14. The number of aromatic nitrogens is 1. The molecule has 1 N–H and O–H groups in total. The van der Waals surface area contributed by atoms with E-state index in [1.807, 2.05) is 0 Å². The highest BCUT2D eigenvalue weighted by atomic mass is 32.2. The van der Waals surface area contributed by atoms with Crippen LogP contribution in [0.3, 0.4) is 0 Å². The number of carbonyl (C=O) groups excluding carboxylic acids is 1. The van der Waals surface area contributed by atoms with Crippen molar-refractivity contribution in [2.75, 3.05) is 7.05 Å². The smallest absolute Gasteiger partial charge is 0.240 e. The summed E-state index contributed by atoms with van der Waals surface area (Å²) in [6.45, 7) is 0. The summed E-state index contributed by atoms with van der Waals surface area (Å²) in [5.74, 6) is -0.311. The monoisotopic (exact) mass is 276 g/mol. The third-order valence-corrected chi connectivity index (χ3v) is 3.98. The molecule has 0 bridgehead atoms. The van der Waals surface area contributed by atoms with Crippen molar-refractivity contribution in [2.24, 2.45) is 0 Å². The molecule has 0 saturated carbocycles. The largest absolute Gasteiger partial charge is 0.287 e. The first-order valence-electron chi connectivity index (χ1n) is 5.54. The van der Waals surface area contributed by atoms with E-state index in [2.05, 4.69) is 9.71 Å². The van der Waals surface area contributed by atoms with Crippen molar-refractivity contribution >= 4 is 15.8 Å². The van der Waals surface area contributed by atoms with E-state index < -0.39 is 10.0 Å². The molecule has 2 rings (SSSR count). The predicted octanol–water partition coefficient (Wildman–Crippen LogP) is 1.22. The van der Waals surface area contributed by atoms with Crippen LogP contribution < -0.4 is 4.72 Å². The van der Waals surface area contributed by atoms with Crippen LogP contribution in [0, 0.1) is 0 Å². The van der Waals surface area contributed by atoms with Gasteiger partial charge in [-0.1, -0.05) is 18.2 Å². The van der Waals surface area contributed by atoms with Gasteiger partial charge in [0.25, 0.3) is 0 Å². The number of pyridine rings is 1. The highest BCUT2D eigenvalue weighted by Gasteiger charge is 2.15. The van der Waals surface area contributed by atoms with E-state index in [4.69, 9.17) is 0 Å². The van der Waals surface area contributed by atoms with Gasteiger partial charge in [-0.25, -0.2) is 13.1 Å². The van der Waals surface area contributed by atoms with Gasteiger partial charge in [0.15, 0.2) is 0 Å². The molecule has 0 saturated heterocycles. The maximum atomic E-state index is 12.1. The molecular formula is C13H12N2O3S. The van der Waals surface area contributed by atoms with E-state index in [0.717, 1.165) is 0 Å². The van der Waals surface area contributed by atoms with Crippen molar-refractivity contribution in [3.05, 3.63) is 59.9 Å². The van der Waals surface area contributed by atoms with Crippen LogP contribution >= 0.6 is 0 Å². The second kappa shape index (κ2) is 5.29. The summed E-state index contributed by atoms with van der Waals surface area (Å²) in [5.41, 5.74) is 0.566. The van der Waals surface area contributed by atoms with E-state index in [1.165, 1.54) is 31.4 Å². The number of nitrogens with one attached hydrogen (secondary N) is 1. The van der Waals surface area contributed by atoms with Crippen molar-refractivity contribution in [3.8, 4) is 0 Å². The molecule has 0 aliphatic carbocycles. The third-order valence-electron chi connectivity index (χ3n) is 2.57. The van der Waals surface area contributed by atoms with Gasteiger partial charge >= 0.3 is 0 Å². The Labute approximate surface area is 111 Å². The minimum atomic E-state index is -3.56. The molecule has 0 fully saturated rings. The molecule has 0 aliphatic heterocycles. The summed E-state index contributed by atoms with van der Waals surface area (Å²) in [6.07, 6.45) is 1.52.